The summed E-state index contributed by atoms with van der Waals surface area (Å²) in [4.78, 5) is 30.4. The van der Waals surface area contributed by atoms with Gasteiger partial charge in [0.2, 0.25) is 5.39 Å². The highest BCUT2D eigenvalue weighted by molar-refractivity contribution is 5.90. The molecule has 34 heavy (non-hydrogen) atoms. The van der Waals surface area contributed by atoms with Gasteiger partial charge in [0, 0.05) is 11.3 Å². The Morgan fingerprint density at radius 1 is 1.26 bits per heavy atom. The van der Waals surface area contributed by atoms with Crippen molar-refractivity contribution in [2.75, 3.05) is 0 Å². The van der Waals surface area contributed by atoms with Gasteiger partial charge in [-0.05, 0) is 50.5 Å². The van der Waals surface area contributed by atoms with Crippen LogP contribution in [-0.2, 0) is 25.7 Å². The van der Waals surface area contributed by atoms with E-state index in [2.05, 4.69) is 4.98 Å². The van der Waals surface area contributed by atoms with E-state index in [1.165, 1.54) is 0 Å². The third-order valence-electron chi connectivity index (χ3n) is 10.7. The molecule has 0 aromatic heterocycles. The Kier molecular flexibility index (Phi) is 3.61. The molecule has 0 radical (unpaired) electrons. The highest BCUT2D eigenvalue weighted by Gasteiger charge is 2.99. The molecule has 176 valence electrons. The Balaban J connectivity index is 1.31. The van der Waals surface area contributed by atoms with Crippen molar-refractivity contribution in [3.63, 3.8) is 0 Å². The van der Waals surface area contributed by atoms with E-state index < -0.39 is 51.7 Å². The number of aliphatic hydroxyl groups excluding tert-OH is 2. The SMILES string of the molecule is C[C@]12C(=O)O[C@@]3(CC[C@H]1C(=O)OCc1ccccc1)[C@@H]2C([N+]#N)=C(O)[C@@]12C[C@H]4CC[C@@]31C2C4O. The van der Waals surface area contributed by atoms with Gasteiger partial charge in [0.1, 0.15) is 18.1 Å². The van der Waals surface area contributed by atoms with Crippen molar-refractivity contribution in [1.29, 1.82) is 5.39 Å². The second-order valence-corrected chi connectivity index (χ2v) is 11.4. The fourth-order valence-corrected chi connectivity index (χ4v) is 9.58. The fraction of sp³-hybridized carbons (Fsp3) is 0.615. The summed E-state index contributed by atoms with van der Waals surface area (Å²) in [5.41, 5.74) is -2.74. The minimum absolute atomic E-state index is 0.0234. The van der Waals surface area contributed by atoms with Gasteiger partial charge in [0.15, 0.2) is 10.7 Å². The van der Waals surface area contributed by atoms with Crippen LogP contribution in [0.2, 0.25) is 0 Å². The van der Waals surface area contributed by atoms with Crippen LogP contribution in [0.3, 0.4) is 0 Å². The van der Waals surface area contributed by atoms with Gasteiger partial charge in [0.05, 0.1) is 22.9 Å². The van der Waals surface area contributed by atoms with Gasteiger partial charge in [-0.25, -0.2) is 0 Å². The van der Waals surface area contributed by atoms with Gasteiger partial charge in [-0.3, -0.25) is 9.59 Å². The van der Waals surface area contributed by atoms with Crippen molar-refractivity contribution in [2.45, 2.75) is 57.3 Å². The average molecular weight is 464 g/mol. The normalized spacial score (nSPS) is 49.0. The molecule has 8 rings (SSSR count). The lowest BCUT2D eigenvalue weighted by molar-refractivity contribution is -0.172. The van der Waals surface area contributed by atoms with E-state index in [0.717, 1.165) is 18.4 Å². The minimum Gasteiger partial charge on any atom is -0.505 e. The maximum atomic E-state index is 13.6. The first-order valence-corrected chi connectivity index (χ1v) is 12.2. The van der Waals surface area contributed by atoms with E-state index >= 15 is 0 Å². The second kappa shape index (κ2) is 6.01. The molecule has 2 unspecified atom stereocenters. The molecule has 2 N–H and O–H groups in total. The third kappa shape index (κ3) is 1.83. The van der Waals surface area contributed by atoms with Gasteiger partial charge >= 0.3 is 17.6 Å². The first kappa shape index (κ1) is 20.5. The smallest absolute Gasteiger partial charge is 0.407 e. The predicted molar refractivity (Wildman–Crippen MR) is 116 cm³/mol. The van der Waals surface area contributed by atoms with Gasteiger partial charge in [-0.1, -0.05) is 30.3 Å². The zero-order chi connectivity index (χ0) is 23.7. The number of diazo groups is 1. The molecule has 6 bridgehead atoms. The van der Waals surface area contributed by atoms with Crippen LogP contribution in [0.5, 0.6) is 0 Å². The van der Waals surface area contributed by atoms with E-state index in [9.17, 15) is 25.2 Å². The van der Waals surface area contributed by atoms with E-state index in [-0.39, 0.29) is 29.9 Å². The van der Waals surface area contributed by atoms with Crippen molar-refractivity contribution < 1.29 is 29.3 Å². The van der Waals surface area contributed by atoms with Crippen molar-refractivity contribution in [2.24, 2.45) is 39.9 Å². The zero-order valence-electron chi connectivity index (χ0n) is 18.9. The highest BCUT2D eigenvalue weighted by Crippen LogP contribution is 2.94. The lowest BCUT2D eigenvalue weighted by Gasteiger charge is -2.53. The monoisotopic (exact) mass is 463 g/mol. The molecule has 1 saturated heterocycles. The second-order valence-electron chi connectivity index (χ2n) is 11.4. The van der Waals surface area contributed by atoms with Crippen molar-refractivity contribution in [1.82, 2.24) is 0 Å². The maximum absolute atomic E-state index is 13.6. The summed E-state index contributed by atoms with van der Waals surface area (Å²) in [6.07, 6.45) is 2.38. The molecule has 1 aliphatic heterocycles. The minimum atomic E-state index is -1.34. The first-order valence-electron chi connectivity index (χ1n) is 12.2. The topological polar surface area (TPSA) is 121 Å². The summed E-state index contributed by atoms with van der Waals surface area (Å²) < 4.78 is 11.9. The number of ether oxygens (including phenoxy) is 2. The van der Waals surface area contributed by atoms with Crippen LogP contribution >= 0.6 is 0 Å². The van der Waals surface area contributed by atoms with Gasteiger partial charge in [-0.15, -0.1) is 0 Å². The van der Waals surface area contributed by atoms with Crippen LogP contribution in [-0.4, -0.2) is 33.9 Å². The molecule has 2 spiro atoms. The van der Waals surface area contributed by atoms with Gasteiger partial charge < -0.3 is 19.7 Å². The number of aliphatic hydroxyl groups is 2. The first-order chi connectivity index (χ1) is 16.3. The number of rotatable bonds is 3. The Labute approximate surface area is 196 Å². The van der Waals surface area contributed by atoms with E-state index in [1.54, 1.807) is 6.92 Å². The molecule has 6 aliphatic carbocycles. The number of nitrogens with zero attached hydrogens (tertiary/aromatic N) is 2. The molecule has 8 nitrogen and oxygen atoms in total. The van der Waals surface area contributed by atoms with Crippen molar-refractivity contribution in [3.05, 3.63) is 52.3 Å². The van der Waals surface area contributed by atoms with Crippen molar-refractivity contribution >= 4 is 11.9 Å². The van der Waals surface area contributed by atoms with E-state index in [0.29, 0.717) is 19.3 Å². The van der Waals surface area contributed by atoms with Crippen LogP contribution in [0, 0.1) is 45.3 Å². The number of carbonyl (C=O) groups excluding carboxylic acids is 2. The Morgan fingerprint density at radius 3 is 2.76 bits per heavy atom. The number of hydrogen-bond donors (Lipinski definition) is 2. The summed E-state index contributed by atoms with van der Waals surface area (Å²) in [6.45, 7) is 1.78. The van der Waals surface area contributed by atoms with E-state index in [4.69, 9.17) is 9.47 Å². The Bertz CT molecular complexity index is 1220. The van der Waals surface area contributed by atoms with E-state index in [1.807, 2.05) is 30.3 Å². The average Bonchev–Trinajstić information content (AvgIpc) is 3.36. The fourth-order valence-electron chi connectivity index (χ4n) is 9.58. The van der Waals surface area contributed by atoms with Crippen molar-refractivity contribution in [3.8, 4) is 0 Å². The van der Waals surface area contributed by atoms with Gasteiger partial charge in [-0.2, -0.15) is 0 Å². The molecule has 5 saturated carbocycles. The summed E-state index contributed by atoms with van der Waals surface area (Å²) in [5.74, 6) is -2.73. The number of allylic oxidation sites excluding steroid dienone is 1. The summed E-state index contributed by atoms with van der Waals surface area (Å²) in [5, 5.41) is 32.6. The predicted octanol–water partition coefficient (Wildman–Crippen LogP) is 3.47. The highest BCUT2D eigenvalue weighted by atomic mass is 16.6. The summed E-state index contributed by atoms with van der Waals surface area (Å²) in [7, 11) is 0. The standard InChI is InChI=1S/C26H26N2O6/c1-23-15(21(31)33-12-13-5-3-2-4-6-13)8-10-26(34-22(23)32)18(23)16(28-27)20(30)24-11-14-7-9-25(24,26)19(24)17(14)29/h2-6,14-15,17-19,29H,7-12H2,1H3/p+1/t14-,15+,17?,18-,19?,23+,24+,25+,26+/m1/s1. The largest absolute Gasteiger partial charge is 0.505 e. The van der Waals surface area contributed by atoms with Crippen LogP contribution < -0.4 is 0 Å². The lowest BCUT2D eigenvalue weighted by atomic mass is 9.47. The Morgan fingerprint density at radius 2 is 2.03 bits per heavy atom. The molecule has 0 amide bonds. The summed E-state index contributed by atoms with van der Waals surface area (Å²) >= 11 is 0. The Hall–Kier alpha value is -2.92. The maximum Gasteiger partial charge on any atom is 0.407 e. The van der Waals surface area contributed by atoms with Crippen LogP contribution in [0.1, 0.15) is 44.6 Å². The molecule has 9 atom stereocenters. The number of hydrogen-bond acceptors (Lipinski definition) is 7. The number of carbonyl (C=O) groups is 2. The quantitative estimate of drug-likeness (QED) is 0.520. The van der Waals surface area contributed by atoms with Crippen LogP contribution in [0.25, 0.3) is 4.98 Å². The molecule has 1 aromatic carbocycles. The number of fused-ring (bicyclic) bond motifs is 1. The molecular weight excluding hydrogens is 436 g/mol. The zero-order valence-corrected chi connectivity index (χ0v) is 18.9. The molecule has 1 aromatic rings. The molecule has 6 fully saturated rings. The van der Waals surface area contributed by atoms with Crippen LogP contribution in [0.4, 0.5) is 0 Å². The van der Waals surface area contributed by atoms with Crippen LogP contribution in [0.15, 0.2) is 41.8 Å². The van der Waals surface area contributed by atoms with Gasteiger partial charge in [0.25, 0.3) is 0 Å². The summed E-state index contributed by atoms with van der Waals surface area (Å²) in [6, 6.07) is 9.34. The molecule has 7 aliphatic rings. The molecule has 1 heterocycles. The third-order valence-corrected chi connectivity index (χ3v) is 10.7. The lowest BCUT2D eigenvalue weighted by Crippen LogP contribution is -2.61. The molecular formula is C26H27N2O6+. The number of esters is 2. The molecule has 8 heteroatoms. The number of benzene rings is 1.